The molecular formula is C14H20N2O2. The summed E-state index contributed by atoms with van der Waals surface area (Å²) in [5, 5.41) is 3.60. The fourth-order valence-electron chi connectivity index (χ4n) is 3.50. The fourth-order valence-corrected chi connectivity index (χ4v) is 3.50. The molecule has 98 valence electrons. The number of rotatable bonds is 1. The van der Waals surface area contributed by atoms with Crippen molar-refractivity contribution in [1.82, 2.24) is 10.2 Å². The van der Waals surface area contributed by atoms with Crippen molar-refractivity contribution in [2.24, 2.45) is 0 Å². The molecule has 4 saturated heterocycles. The molecule has 0 radical (unpaired) electrons. The summed E-state index contributed by atoms with van der Waals surface area (Å²) in [7, 11) is 0. The standard InChI is InChI=1S/C14H20N2O2/c1-2-12-8-15-10(1)9-16(12)11-3-4-13-14(7-11)18-6-5-17-13/h3,7,10,12-13,15H,1-2,4-6,8-9H2. The van der Waals surface area contributed by atoms with Crippen LogP contribution in [-0.2, 0) is 9.47 Å². The Morgan fingerprint density at radius 2 is 2.28 bits per heavy atom. The van der Waals surface area contributed by atoms with Crippen LogP contribution < -0.4 is 5.32 Å². The molecule has 4 heteroatoms. The minimum Gasteiger partial charge on any atom is -0.493 e. The maximum absolute atomic E-state index is 5.74. The number of allylic oxidation sites excluding steroid dienone is 1. The van der Waals surface area contributed by atoms with Crippen molar-refractivity contribution >= 4 is 0 Å². The molecule has 0 aromatic rings. The first-order valence-electron chi connectivity index (χ1n) is 7.06. The van der Waals surface area contributed by atoms with Gasteiger partial charge in [0.05, 0.1) is 6.61 Å². The van der Waals surface area contributed by atoms with E-state index in [4.69, 9.17) is 9.47 Å². The summed E-state index contributed by atoms with van der Waals surface area (Å²) in [6, 6.07) is 1.34. The van der Waals surface area contributed by atoms with E-state index in [1.54, 1.807) is 0 Å². The lowest BCUT2D eigenvalue weighted by Crippen LogP contribution is -2.60. The Hall–Kier alpha value is -1.00. The monoisotopic (exact) mass is 248 g/mol. The van der Waals surface area contributed by atoms with Crippen molar-refractivity contribution in [1.29, 1.82) is 0 Å². The molecule has 2 bridgehead atoms. The second-order valence-corrected chi connectivity index (χ2v) is 5.61. The van der Waals surface area contributed by atoms with E-state index in [0.717, 1.165) is 31.9 Å². The molecule has 4 aliphatic heterocycles. The Bertz CT molecular complexity index is 397. The second kappa shape index (κ2) is 4.28. The average molecular weight is 248 g/mol. The molecule has 18 heavy (non-hydrogen) atoms. The van der Waals surface area contributed by atoms with E-state index in [1.165, 1.54) is 18.5 Å². The van der Waals surface area contributed by atoms with Crippen molar-refractivity contribution in [2.75, 3.05) is 26.3 Å². The SMILES string of the molecule is C1=C2OCCOC2CC=C1N1CC2CCC1CN2. The van der Waals surface area contributed by atoms with Crippen LogP contribution in [-0.4, -0.2) is 49.4 Å². The van der Waals surface area contributed by atoms with E-state index in [2.05, 4.69) is 22.4 Å². The van der Waals surface area contributed by atoms with E-state index in [1.807, 2.05) is 0 Å². The van der Waals surface area contributed by atoms with Crippen LogP contribution in [0.1, 0.15) is 19.3 Å². The van der Waals surface area contributed by atoms with Crippen LogP contribution in [0.4, 0.5) is 0 Å². The highest BCUT2D eigenvalue weighted by Gasteiger charge is 2.35. The first kappa shape index (κ1) is 10.9. The molecule has 4 nitrogen and oxygen atoms in total. The normalized spacial score (nSPS) is 38.7. The van der Waals surface area contributed by atoms with Crippen LogP contribution >= 0.6 is 0 Å². The third kappa shape index (κ3) is 1.75. The third-order valence-corrected chi connectivity index (χ3v) is 4.50. The highest BCUT2D eigenvalue weighted by molar-refractivity contribution is 5.29. The van der Waals surface area contributed by atoms with Gasteiger partial charge in [0, 0.05) is 43.4 Å². The zero-order valence-corrected chi connectivity index (χ0v) is 10.6. The third-order valence-electron chi connectivity index (χ3n) is 4.50. The van der Waals surface area contributed by atoms with Crippen LogP contribution in [0.2, 0.25) is 0 Å². The molecule has 0 aromatic carbocycles. The lowest BCUT2D eigenvalue weighted by Gasteiger charge is -2.48. The van der Waals surface area contributed by atoms with Gasteiger partial charge in [-0.15, -0.1) is 0 Å². The largest absolute Gasteiger partial charge is 0.493 e. The predicted octanol–water partition coefficient (Wildman–Crippen LogP) is 1.01. The van der Waals surface area contributed by atoms with Gasteiger partial charge in [0.25, 0.3) is 0 Å². The number of ether oxygens (including phenoxy) is 2. The molecule has 1 N–H and O–H groups in total. The maximum Gasteiger partial charge on any atom is 0.127 e. The van der Waals surface area contributed by atoms with Gasteiger partial charge in [0.15, 0.2) is 0 Å². The lowest BCUT2D eigenvalue weighted by molar-refractivity contribution is -0.0429. The molecule has 0 aromatic heterocycles. The van der Waals surface area contributed by atoms with E-state index >= 15 is 0 Å². The van der Waals surface area contributed by atoms with Crippen LogP contribution in [0, 0.1) is 0 Å². The minimum absolute atomic E-state index is 0.169. The number of piperidine rings is 2. The van der Waals surface area contributed by atoms with Crippen molar-refractivity contribution in [3.05, 3.63) is 23.6 Å². The Morgan fingerprint density at radius 3 is 3.06 bits per heavy atom. The number of piperazine rings is 1. The molecule has 1 aliphatic carbocycles. The second-order valence-electron chi connectivity index (χ2n) is 5.61. The van der Waals surface area contributed by atoms with E-state index in [-0.39, 0.29) is 6.10 Å². The molecule has 4 fully saturated rings. The predicted molar refractivity (Wildman–Crippen MR) is 68.0 cm³/mol. The zero-order chi connectivity index (χ0) is 11.9. The number of hydrogen-bond acceptors (Lipinski definition) is 4. The minimum atomic E-state index is 0.169. The summed E-state index contributed by atoms with van der Waals surface area (Å²) in [6.45, 7) is 3.70. The Labute approximate surface area is 108 Å². The highest BCUT2D eigenvalue weighted by Crippen LogP contribution is 2.31. The molecule has 3 atom stereocenters. The summed E-state index contributed by atoms with van der Waals surface area (Å²) in [5.41, 5.74) is 1.35. The first-order chi connectivity index (χ1) is 8.90. The molecule has 5 rings (SSSR count). The first-order valence-corrected chi connectivity index (χ1v) is 7.06. The van der Waals surface area contributed by atoms with E-state index in [0.29, 0.717) is 18.7 Å². The van der Waals surface area contributed by atoms with Crippen molar-refractivity contribution in [3.8, 4) is 0 Å². The Morgan fingerprint density at radius 1 is 1.28 bits per heavy atom. The van der Waals surface area contributed by atoms with Gasteiger partial charge < -0.3 is 19.7 Å². The molecule has 5 aliphatic rings. The van der Waals surface area contributed by atoms with Gasteiger partial charge >= 0.3 is 0 Å². The van der Waals surface area contributed by atoms with Crippen molar-refractivity contribution in [2.45, 2.75) is 37.5 Å². The highest BCUT2D eigenvalue weighted by atomic mass is 16.6. The van der Waals surface area contributed by atoms with Crippen LogP contribution in [0.3, 0.4) is 0 Å². The summed E-state index contributed by atoms with van der Waals surface area (Å²) in [6.07, 6.45) is 8.30. The number of nitrogens with one attached hydrogen (secondary N) is 1. The van der Waals surface area contributed by atoms with Gasteiger partial charge in [-0.3, -0.25) is 0 Å². The van der Waals surface area contributed by atoms with Gasteiger partial charge in [0.1, 0.15) is 18.5 Å². The number of hydrogen-bond donors (Lipinski definition) is 1. The number of nitrogens with zero attached hydrogens (tertiary/aromatic N) is 1. The van der Waals surface area contributed by atoms with Crippen molar-refractivity contribution < 1.29 is 9.47 Å². The zero-order valence-electron chi connectivity index (χ0n) is 10.6. The maximum atomic E-state index is 5.74. The summed E-state index contributed by atoms with van der Waals surface area (Å²) >= 11 is 0. The molecule has 0 amide bonds. The summed E-state index contributed by atoms with van der Waals surface area (Å²) in [4.78, 5) is 2.56. The molecule has 0 spiro atoms. The Kier molecular flexibility index (Phi) is 2.59. The van der Waals surface area contributed by atoms with Gasteiger partial charge in [0.2, 0.25) is 0 Å². The number of fused-ring (bicyclic) bond motifs is 4. The molecule has 0 saturated carbocycles. The van der Waals surface area contributed by atoms with Crippen LogP contribution in [0.5, 0.6) is 0 Å². The van der Waals surface area contributed by atoms with Gasteiger partial charge in [-0.05, 0) is 12.8 Å². The molecule has 3 unspecified atom stereocenters. The smallest absolute Gasteiger partial charge is 0.127 e. The summed E-state index contributed by atoms with van der Waals surface area (Å²) in [5.74, 6) is 1.04. The van der Waals surface area contributed by atoms with E-state index in [9.17, 15) is 0 Å². The van der Waals surface area contributed by atoms with Crippen LogP contribution in [0.15, 0.2) is 23.6 Å². The van der Waals surface area contributed by atoms with E-state index < -0.39 is 0 Å². The van der Waals surface area contributed by atoms with Gasteiger partial charge in [-0.2, -0.15) is 0 Å². The average Bonchev–Trinajstić information content (AvgIpc) is 2.48. The van der Waals surface area contributed by atoms with Gasteiger partial charge in [-0.1, -0.05) is 6.08 Å². The van der Waals surface area contributed by atoms with Crippen LogP contribution in [0.25, 0.3) is 0 Å². The molecule has 4 heterocycles. The topological polar surface area (TPSA) is 33.7 Å². The summed E-state index contributed by atoms with van der Waals surface area (Å²) < 4.78 is 11.4. The van der Waals surface area contributed by atoms with Crippen molar-refractivity contribution in [3.63, 3.8) is 0 Å². The Balaban J connectivity index is 1.55. The van der Waals surface area contributed by atoms with Gasteiger partial charge in [-0.25, -0.2) is 0 Å². The fraction of sp³-hybridized carbons (Fsp3) is 0.714. The lowest BCUT2D eigenvalue weighted by atomic mass is 9.91. The molecular weight excluding hydrogens is 228 g/mol. The quantitative estimate of drug-likeness (QED) is 0.751.